The molecular weight excluding hydrogens is 562 g/mol. The minimum Gasteiger partial charge on any atom is -0.364 e. The van der Waals surface area contributed by atoms with E-state index in [-0.39, 0.29) is 37.4 Å². The van der Waals surface area contributed by atoms with Crippen molar-refractivity contribution in [2.75, 3.05) is 26.2 Å². The monoisotopic (exact) mass is 599 g/mol. The highest BCUT2D eigenvalue weighted by atomic mass is 16.3. The highest BCUT2D eigenvalue weighted by Gasteiger charge is 2.52. The van der Waals surface area contributed by atoms with E-state index in [1.54, 1.807) is 14.9 Å². The summed E-state index contributed by atoms with van der Waals surface area (Å²) < 4.78 is 0. The Labute approximate surface area is 264 Å². The maximum Gasteiger partial charge on any atom is 0.250 e. The number of hydrogen-bond acceptors (Lipinski definition) is 6. The van der Waals surface area contributed by atoms with Crippen molar-refractivity contribution in [3.63, 3.8) is 0 Å². The number of aliphatic hydroxyl groups is 1. The van der Waals surface area contributed by atoms with Crippen molar-refractivity contribution in [2.24, 2.45) is 0 Å². The van der Waals surface area contributed by atoms with Crippen LogP contribution < -0.4 is 5.32 Å². The summed E-state index contributed by atoms with van der Waals surface area (Å²) in [6.07, 6.45) is 3.90. The number of nitrogens with zero attached hydrogens (tertiary/aromatic N) is 4. The van der Waals surface area contributed by atoms with Crippen LogP contribution in [-0.2, 0) is 16.1 Å². The molecule has 0 radical (unpaired) electrons. The molecule has 2 fully saturated rings. The molecule has 2 saturated heterocycles. The van der Waals surface area contributed by atoms with E-state index in [1.807, 2.05) is 102 Å². The predicted molar refractivity (Wildman–Crippen MR) is 173 cm³/mol. The van der Waals surface area contributed by atoms with E-state index in [9.17, 15) is 14.7 Å². The van der Waals surface area contributed by atoms with Crippen LogP contribution in [0.15, 0.2) is 121 Å². The fourth-order valence-corrected chi connectivity index (χ4v) is 6.42. The molecular formula is C37H37N5O3. The summed E-state index contributed by atoms with van der Waals surface area (Å²) in [5, 5.41) is 18.3. The summed E-state index contributed by atoms with van der Waals surface area (Å²) in [5.41, 5.74) is 3.90. The fourth-order valence-electron chi connectivity index (χ4n) is 6.42. The first-order valence-corrected chi connectivity index (χ1v) is 15.2. The van der Waals surface area contributed by atoms with Crippen molar-refractivity contribution >= 4 is 11.8 Å². The first-order chi connectivity index (χ1) is 22.0. The zero-order chi connectivity index (χ0) is 31.2. The molecule has 8 nitrogen and oxygen atoms in total. The van der Waals surface area contributed by atoms with Crippen LogP contribution in [0.3, 0.4) is 0 Å². The Balaban J connectivity index is 1.39. The topological polar surface area (TPSA) is 79.4 Å². The fraction of sp³-hybridized carbons (Fsp3) is 0.243. The maximum atomic E-state index is 14.5. The Morgan fingerprint density at radius 3 is 1.96 bits per heavy atom. The summed E-state index contributed by atoms with van der Waals surface area (Å²) in [7, 11) is 0. The Morgan fingerprint density at radius 1 is 0.822 bits per heavy atom. The van der Waals surface area contributed by atoms with Gasteiger partial charge in [0.15, 0.2) is 6.35 Å². The van der Waals surface area contributed by atoms with E-state index in [4.69, 9.17) is 6.42 Å². The van der Waals surface area contributed by atoms with Crippen molar-refractivity contribution in [2.45, 2.75) is 31.0 Å². The molecule has 0 spiro atoms. The molecule has 6 rings (SSSR count). The van der Waals surface area contributed by atoms with Crippen LogP contribution >= 0.6 is 0 Å². The van der Waals surface area contributed by atoms with Crippen molar-refractivity contribution < 1.29 is 14.7 Å². The minimum absolute atomic E-state index is 0.0575. The first kappa shape index (κ1) is 30.3. The normalized spacial score (nSPS) is 19.8. The summed E-state index contributed by atoms with van der Waals surface area (Å²) in [6, 6.07) is 38.6. The van der Waals surface area contributed by atoms with E-state index < -0.39 is 18.6 Å². The van der Waals surface area contributed by atoms with Gasteiger partial charge in [0.1, 0.15) is 12.2 Å². The number of piperazine rings is 1. The molecule has 228 valence electrons. The molecule has 3 atom stereocenters. The molecule has 8 heteroatoms. The van der Waals surface area contributed by atoms with Gasteiger partial charge >= 0.3 is 0 Å². The van der Waals surface area contributed by atoms with Gasteiger partial charge < -0.3 is 14.9 Å². The number of fused-ring (bicyclic) bond motifs is 1. The van der Waals surface area contributed by atoms with Crippen LogP contribution in [0.1, 0.15) is 34.2 Å². The quantitative estimate of drug-likeness (QED) is 0.213. The molecule has 0 saturated carbocycles. The molecule has 0 bridgehead atoms. The number of hydrogen-bond donors (Lipinski definition) is 2. The molecule has 45 heavy (non-hydrogen) atoms. The van der Waals surface area contributed by atoms with Crippen molar-refractivity contribution in [1.82, 2.24) is 25.1 Å². The molecule has 2 aliphatic heterocycles. The summed E-state index contributed by atoms with van der Waals surface area (Å²) in [5.74, 6) is 2.17. The number of terminal acetylenes is 1. The third-order valence-electron chi connectivity index (χ3n) is 8.54. The van der Waals surface area contributed by atoms with Crippen molar-refractivity contribution in [3.8, 4) is 12.3 Å². The number of hydrazine groups is 1. The average Bonchev–Trinajstić information content (AvgIpc) is 3.08. The Bertz CT molecular complexity index is 1570. The van der Waals surface area contributed by atoms with Crippen LogP contribution in [0.4, 0.5) is 0 Å². The van der Waals surface area contributed by atoms with E-state index in [2.05, 4.69) is 35.5 Å². The Hall–Kier alpha value is -4.78. The number of aliphatic hydroxyl groups excluding tert-OH is 1. The largest absolute Gasteiger partial charge is 0.364 e. The van der Waals surface area contributed by atoms with Gasteiger partial charge in [-0.05, 0) is 22.3 Å². The molecule has 1 unspecified atom stereocenters. The van der Waals surface area contributed by atoms with Gasteiger partial charge in [0.25, 0.3) is 0 Å². The molecule has 2 N–H and O–H groups in total. The molecule has 2 amide bonds. The standard InChI is InChI=1S/C37H37N5O3/c1-2-23-40-27-34(43)41-33(42(40)37(45)38-24-28-15-7-3-8-16-28)26-39(36(44)35(41)31-21-13-6-14-22-31)25-32(29-17-9-4-10-18-29)30-19-11-5-12-20-30/h1,3-22,32-33,35,37-38,45H,23-27H2/t33-,35-,37?/m0/s1. The average molecular weight is 600 g/mol. The third kappa shape index (κ3) is 6.53. The number of carbonyl (C=O) groups is 2. The Kier molecular flexibility index (Phi) is 9.34. The SMILES string of the molecule is C#CCN1CC(=O)N2[C@@H](c3ccccc3)C(=O)N(CC(c3ccccc3)c3ccccc3)C[C@@H]2N1C(O)NCc1ccccc1. The van der Waals surface area contributed by atoms with Gasteiger partial charge in [-0.2, -0.15) is 5.01 Å². The smallest absolute Gasteiger partial charge is 0.250 e. The number of benzene rings is 4. The predicted octanol–water partition coefficient (Wildman–Crippen LogP) is 3.79. The second-order valence-corrected chi connectivity index (χ2v) is 11.4. The lowest BCUT2D eigenvalue weighted by molar-refractivity contribution is -0.245. The maximum absolute atomic E-state index is 14.5. The van der Waals surface area contributed by atoms with E-state index >= 15 is 0 Å². The number of rotatable bonds is 10. The van der Waals surface area contributed by atoms with E-state index in [0.717, 1.165) is 22.3 Å². The van der Waals surface area contributed by atoms with Crippen molar-refractivity contribution in [3.05, 3.63) is 144 Å². The summed E-state index contributed by atoms with van der Waals surface area (Å²) >= 11 is 0. The molecule has 4 aromatic carbocycles. The second kappa shape index (κ2) is 13.9. The van der Waals surface area contributed by atoms with Gasteiger partial charge in [-0.1, -0.05) is 127 Å². The lowest BCUT2D eigenvalue weighted by atomic mass is 9.89. The van der Waals surface area contributed by atoms with Crippen LogP contribution in [0.25, 0.3) is 0 Å². The van der Waals surface area contributed by atoms with Gasteiger partial charge in [0.2, 0.25) is 11.8 Å². The minimum atomic E-state index is -1.18. The number of amides is 2. The van der Waals surface area contributed by atoms with Gasteiger partial charge in [0.05, 0.1) is 19.6 Å². The zero-order valence-corrected chi connectivity index (χ0v) is 25.0. The summed E-state index contributed by atoms with van der Waals surface area (Å²) in [6.45, 7) is 1.05. The van der Waals surface area contributed by atoms with Crippen LogP contribution in [0.5, 0.6) is 0 Å². The molecule has 2 aliphatic rings. The van der Waals surface area contributed by atoms with Gasteiger partial charge in [-0.3, -0.25) is 14.9 Å². The highest BCUT2D eigenvalue weighted by molar-refractivity contribution is 5.91. The third-order valence-corrected chi connectivity index (χ3v) is 8.54. The van der Waals surface area contributed by atoms with E-state index in [0.29, 0.717) is 13.1 Å². The molecule has 0 aromatic heterocycles. The second-order valence-electron chi connectivity index (χ2n) is 11.4. The van der Waals surface area contributed by atoms with Crippen molar-refractivity contribution in [1.29, 1.82) is 0 Å². The van der Waals surface area contributed by atoms with Crippen LogP contribution in [0, 0.1) is 12.3 Å². The van der Waals surface area contributed by atoms with Gasteiger partial charge in [0, 0.05) is 19.0 Å². The molecule has 2 heterocycles. The lowest BCUT2D eigenvalue weighted by Gasteiger charge is -2.56. The Morgan fingerprint density at radius 2 is 1.38 bits per heavy atom. The van der Waals surface area contributed by atoms with Gasteiger partial charge in [-0.15, -0.1) is 6.42 Å². The zero-order valence-electron chi connectivity index (χ0n) is 25.0. The highest BCUT2D eigenvalue weighted by Crippen LogP contribution is 2.37. The number of nitrogens with one attached hydrogen (secondary N) is 1. The molecule has 0 aliphatic carbocycles. The van der Waals surface area contributed by atoms with Gasteiger partial charge in [-0.25, -0.2) is 5.01 Å². The van der Waals surface area contributed by atoms with Crippen LogP contribution in [-0.4, -0.2) is 75.4 Å². The molecule has 4 aromatic rings. The van der Waals surface area contributed by atoms with Crippen LogP contribution in [0.2, 0.25) is 0 Å². The first-order valence-electron chi connectivity index (χ1n) is 15.2. The summed E-state index contributed by atoms with van der Waals surface area (Å²) in [4.78, 5) is 31.9. The lowest BCUT2D eigenvalue weighted by Crippen LogP contribution is -2.75. The number of carbonyl (C=O) groups excluding carboxylic acids is 2. The van der Waals surface area contributed by atoms with E-state index in [1.165, 1.54) is 0 Å².